The topological polar surface area (TPSA) is 43.3 Å². The predicted molar refractivity (Wildman–Crippen MR) is 90.5 cm³/mol. The Labute approximate surface area is 139 Å². The summed E-state index contributed by atoms with van der Waals surface area (Å²) in [4.78, 5) is 12.6. The quantitative estimate of drug-likeness (QED) is 0.875. The lowest BCUT2D eigenvalue weighted by Gasteiger charge is -2.33. The summed E-state index contributed by atoms with van der Waals surface area (Å²) in [6.07, 6.45) is 5.88. The number of nitrogens with zero attached hydrogens (tertiary/aromatic N) is 1. The van der Waals surface area contributed by atoms with Crippen LogP contribution in [-0.2, 0) is 5.54 Å². The van der Waals surface area contributed by atoms with Crippen molar-refractivity contribution in [3.63, 3.8) is 0 Å². The van der Waals surface area contributed by atoms with Crippen LogP contribution in [0.5, 0.6) is 5.75 Å². The van der Waals surface area contributed by atoms with Crippen molar-refractivity contribution in [2.75, 3.05) is 19.7 Å². The van der Waals surface area contributed by atoms with Crippen LogP contribution in [0.1, 0.15) is 42.7 Å². The van der Waals surface area contributed by atoms with Gasteiger partial charge < -0.3 is 14.6 Å². The van der Waals surface area contributed by atoms with Crippen molar-refractivity contribution in [1.29, 1.82) is 0 Å². The molecule has 126 valence electrons. The molecule has 0 unspecified atom stereocenters. The van der Waals surface area contributed by atoms with Gasteiger partial charge >= 0.3 is 0 Å². The standard InChI is InChI=1S/C19H21FN2O2/c1-11-9-22-16-13(17(11)23)8-14(20)15(12-2-6-21-7-3-12)18(16)24-10-19(22)4-5-19/h8-9,12,21H,2-7,10H2,1H3. The number of aromatic nitrogens is 1. The van der Waals surface area contributed by atoms with E-state index in [0.717, 1.165) is 44.3 Å². The number of hydrogen-bond donors (Lipinski definition) is 1. The minimum absolute atomic E-state index is 0.0209. The van der Waals surface area contributed by atoms with Crippen molar-refractivity contribution in [2.24, 2.45) is 0 Å². The Morgan fingerprint density at radius 1 is 1.33 bits per heavy atom. The number of hydrogen-bond acceptors (Lipinski definition) is 3. The van der Waals surface area contributed by atoms with Gasteiger partial charge in [-0.15, -0.1) is 0 Å². The van der Waals surface area contributed by atoms with Crippen LogP contribution in [-0.4, -0.2) is 24.3 Å². The molecular formula is C19H21FN2O2. The highest BCUT2D eigenvalue weighted by Crippen LogP contribution is 2.51. The molecule has 24 heavy (non-hydrogen) atoms. The normalized spacial score (nSPS) is 21.9. The second-order valence-electron chi connectivity index (χ2n) is 7.55. The van der Waals surface area contributed by atoms with Crippen molar-refractivity contribution in [1.82, 2.24) is 9.88 Å². The minimum atomic E-state index is -0.287. The molecule has 1 aromatic heterocycles. The zero-order valence-corrected chi connectivity index (χ0v) is 13.8. The molecule has 5 heteroatoms. The number of rotatable bonds is 1. The molecule has 1 saturated heterocycles. The van der Waals surface area contributed by atoms with Crippen LogP contribution in [0.15, 0.2) is 17.1 Å². The number of benzene rings is 1. The fourth-order valence-corrected chi connectivity index (χ4v) is 4.39. The highest BCUT2D eigenvalue weighted by atomic mass is 19.1. The summed E-state index contributed by atoms with van der Waals surface area (Å²) >= 11 is 0. The van der Waals surface area contributed by atoms with Crippen LogP contribution in [0.4, 0.5) is 4.39 Å². The maximum Gasteiger partial charge on any atom is 0.192 e. The van der Waals surface area contributed by atoms with Gasteiger partial charge in [0.05, 0.1) is 16.4 Å². The van der Waals surface area contributed by atoms with E-state index >= 15 is 0 Å². The number of nitrogens with one attached hydrogen (secondary N) is 1. The van der Waals surface area contributed by atoms with E-state index in [9.17, 15) is 9.18 Å². The largest absolute Gasteiger partial charge is 0.488 e. The van der Waals surface area contributed by atoms with E-state index in [1.807, 2.05) is 13.1 Å². The molecule has 2 fully saturated rings. The van der Waals surface area contributed by atoms with Gasteiger partial charge in [0.1, 0.15) is 18.2 Å². The molecule has 2 aromatic rings. The SMILES string of the molecule is Cc1cn2c3c(c(C4CCNCC4)c(F)cc3c1=O)OCC21CC1. The van der Waals surface area contributed by atoms with E-state index < -0.39 is 0 Å². The van der Waals surface area contributed by atoms with E-state index in [1.54, 1.807) is 0 Å². The summed E-state index contributed by atoms with van der Waals surface area (Å²) < 4.78 is 23.3. The first-order valence-electron chi connectivity index (χ1n) is 8.83. The molecule has 1 N–H and O–H groups in total. The number of piperidine rings is 1. The Bertz CT molecular complexity index is 908. The Morgan fingerprint density at radius 2 is 2.08 bits per heavy atom. The van der Waals surface area contributed by atoms with E-state index in [-0.39, 0.29) is 22.7 Å². The molecule has 1 spiro atoms. The van der Waals surface area contributed by atoms with E-state index in [0.29, 0.717) is 28.9 Å². The van der Waals surface area contributed by atoms with Crippen molar-refractivity contribution < 1.29 is 9.13 Å². The molecule has 0 amide bonds. The van der Waals surface area contributed by atoms with Gasteiger partial charge in [0.25, 0.3) is 0 Å². The Hall–Kier alpha value is -1.88. The third kappa shape index (κ3) is 1.85. The molecule has 0 radical (unpaired) electrons. The molecular weight excluding hydrogens is 307 g/mol. The van der Waals surface area contributed by atoms with Gasteiger partial charge in [-0.3, -0.25) is 4.79 Å². The van der Waals surface area contributed by atoms with Gasteiger partial charge in [-0.1, -0.05) is 0 Å². The number of ether oxygens (including phenoxy) is 1. The number of aryl methyl sites for hydroxylation is 1. The van der Waals surface area contributed by atoms with Crippen LogP contribution in [0.3, 0.4) is 0 Å². The highest BCUT2D eigenvalue weighted by Gasteiger charge is 2.49. The van der Waals surface area contributed by atoms with E-state index in [2.05, 4.69) is 9.88 Å². The lowest BCUT2D eigenvalue weighted by molar-refractivity contribution is 0.215. The molecule has 1 aromatic carbocycles. The van der Waals surface area contributed by atoms with Gasteiger partial charge in [-0.05, 0) is 57.7 Å². The van der Waals surface area contributed by atoms with Gasteiger partial charge in [0.2, 0.25) is 0 Å². The van der Waals surface area contributed by atoms with E-state index in [1.165, 1.54) is 6.07 Å². The van der Waals surface area contributed by atoms with Crippen molar-refractivity contribution in [2.45, 2.75) is 44.1 Å². The molecule has 3 aliphatic rings. The van der Waals surface area contributed by atoms with Gasteiger partial charge in [0.15, 0.2) is 5.43 Å². The summed E-state index contributed by atoms with van der Waals surface area (Å²) in [5.41, 5.74) is 2.06. The first-order chi connectivity index (χ1) is 11.6. The second kappa shape index (κ2) is 4.82. The van der Waals surface area contributed by atoms with Crippen molar-refractivity contribution >= 4 is 10.9 Å². The third-order valence-electron chi connectivity index (χ3n) is 5.98. The fraction of sp³-hybridized carbons (Fsp3) is 0.526. The Balaban J connectivity index is 1.85. The van der Waals surface area contributed by atoms with Gasteiger partial charge in [0, 0.05) is 17.3 Å². The maximum absolute atomic E-state index is 15.0. The fourth-order valence-electron chi connectivity index (χ4n) is 4.39. The van der Waals surface area contributed by atoms with Crippen molar-refractivity contribution in [3.05, 3.63) is 39.4 Å². The number of pyridine rings is 1. The van der Waals surface area contributed by atoms with Crippen LogP contribution in [0.2, 0.25) is 0 Å². The van der Waals surface area contributed by atoms with Crippen LogP contribution in [0, 0.1) is 12.7 Å². The van der Waals surface area contributed by atoms with Gasteiger partial charge in [-0.2, -0.15) is 0 Å². The molecule has 0 bridgehead atoms. The molecule has 3 heterocycles. The molecule has 2 aliphatic heterocycles. The summed E-state index contributed by atoms with van der Waals surface area (Å²) in [6, 6.07) is 1.45. The monoisotopic (exact) mass is 328 g/mol. The first kappa shape index (κ1) is 14.5. The summed E-state index contributed by atoms with van der Waals surface area (Å²) in [5.74, 6) is 0.487. The second-order valence-corrected chi connectivity index (χ2v) is 7.55. The maximum atomic E-state index is 15.0. The first-order valence-corrected chi connectivity index (χ1v) is 8.83. The summed E-state index contributed by atoms with van der Waals surface area (Å²) in [6.45, 7) is 4.19. The lowest BCUT2D eigenvalue weighted by Crippen LogP contribution is -2.33. The third-order valence-corrected chi connectivity index (χ3v) is 5.98. The number of fused-ring (bicyclic) bond motifs is 1. The molecule has 4 nitrogen and oxygen atoms in total. The molecule has 1 aliphatic carbocycles. The van der Waals surface area contributed by atoms with E-state index in [4.69, 9.17) is 4.74 Å². The summed E-state index contributed by atoms with van der Waals surface area (Å²) in [7, 11) is 0. The van der Waals surface area contributed by atoms with Crippen LogP contribution < -0.4 is 15.5 Å². The zero-order valence-electron chi connectivity index (χ0n) is 13.8. The molecule has 0 atom stereocenters. The lowest BCUT2D eigenvalue weighted by atomic mass is 9.87. The van der Waals surface area contributed by atoms with Crippen LogP contribution in [0.25, 0.3) is 10.9 Å². The zero-order chi connectivity index (χ0) is 16.5. The highest BCUT2D eigenvalue weighted by molar-refractivity contribution is 5.88. The van der Waals surface area contributed by atoms with Crippen LogP contribution >= 0.6 is 0 Å². The Kier molecular flexibility index (Phi) is 2.90. The summed E-state index contributed by atoms with van der Waals surface area (Å²) in [5, 5.41) is 3.79. The predicted octanol–water partition coefficient (Wildman–Crippen LogP) is 2.80. The molecule has 5 rings (SSSR count). The smallest absolute Gasteiger partial charge is 0.192 e. The van der Waals surface area contributed by atoms with Crippen molar-refractivity contribution in [3.8, 4) is 5.75 Å². The average molecular weight is 328 g/mol. The van der Waals surface area contributed by atoms with Gasteiger partial charge in [-0.25, -0.2) is 4.39 Å². The minimum Gasteiger partial charge on any atom is -0.488 e. The average Bonchev–Trinajstić information content (AvgIpc) is 3.36. The number of halogens is 1. The Morgan fingerprint density at radius 3 is 2.79 bits per heavy atom. The molecule has 1 saturated carbocycles.